The van der Waals surface area contributed by atoms with Crippen LogP contribution in [0.2, 0.25) is 0 Å². The molecule has 0 aliphatic heterocycles. The lowest BCUT2D eigenvalue weighted by Gasteiger charge is -2.39. The maximum atomic E-state index is 3.85. The molecule has 0 saturated heterocycles. The summed E-state index contributed by atoms with van der Waals surface area (Å²) in [5.41, 5.74) is 0. The number of rotatable bonds is 6. The van der Waals surface area contributed by atoms with Crippen LogP contribution in [-0.4, -0.2) is 12.6 Å². The lowest BCUT2D eigenvalue weighted by Crippen LogP contribution is -2.45. The monoisotopic (exact) mass is 221 g/mol. The van der Waals surface area contributed by atoms with Crippen molar-refractivity contribution in [3.05, 3.63) is 0 Å². The third-order valence-electron chi connectivity index (χ3n) is 5.21. The lowest BCUT2D eigenvalue weighted by molar-refractivity contribution is 0.160. The molecule has 0 unspecified atom stereocenters. The van der Waals surface area contributed by atoms with Gasteiger partial charge in [0.25, 0.3) is 0 Å². The van der Waals surface area contributed by atoms with Gasteiger partial charge in [-0.25, -0.2) is 0 Å². The zero-order chi connectivity index (χ0) is 11.1. The Labute approximate surface area is 100 Å². The predicted molar refractivity (Wildman–Crippen MR) is 68.3 cm³/mol. The Morgan fingerprint density at radius 2 is 1.50 bits per heavy atom. The van der Waals surface area contributed by atoms with Gasteiger partial charge in [-0.15, -0.1) is 0 Å². The normalized spacial score (nSPS) is 34.5. The van der Waals surface area contributed by atoms with Crippen LogP contribution in [0, 0.1) is 29.6 Å². The molecule has 3 aliphatic rings. The van der Waals surface area contributed by atoms with Gasteiger partial charge in [0, 0.05) is 6.04 Å². The van der Waals surface area contributed by atoms with Crippen LogP contribution >= 0.6 is 0 Å². The molecule has 3 rings (SSSR count). The molecule has 1 heteroatoms. The Balaban J connectivity index is 1.36. The molecule has 3 saturated carbocycles. The van der Waals surface area contributed by atoms with E-state index in [0.29, 0.717) is 0 Å². The molecular weight excluding hydrogens is 194 g/mol. The van der Waals surface area contributed by atoms with Gasteiger partial charge in [-0.3, -0.25) is 0 Å². The van der Waals surface area contributed by atoms with Crippen LogP contribution in [0.5, 0.6) is 0 Å². The minimum atomic E-state index is 0.868. The van der Waals surface area contributed by atoms with Crippen LogP contribution < -0.4 is 5.32 Å². The van der Waals surface area contributed by atoms with E-state index in [1.165, 1.54) is 45.1 Å². The Hall–Kier alpha value is -0.0400. The van der Waals surface area contributed by atoms with Gasteiger partial charge in [0.15, 0.2) is 0 Å². The van der Waals surface area contributed by atoms with Crippen LogP contribution in [0.1, 0.15) is 52.4 Å². The number of nitrogens with one attached hydrogen (secondary N) is 1. The van der Waals surface area contributed by atoms with E-state index in [0.717, 1.165) is 35.6 Å². The molecule has 1 N–H and O–H groups in total. The van der Waals surface area contributed by atoms with Gasteiger partial charge in [0.05, 0.1) is 0 Å². The predicted octanol–water partition coefficient (Wildman–Crippen LogP) is 3.45. The summed E-state index contributed by atoms with van der Waals surface area (Å²) in [6, 6.07) is 0.868. The van der Waals surface area contributed by atoms with E-state index in [1.807, 2.05) is 0 Å². The molecule has 1 nitrogen and oxygen atoms in total. The first kappa shape index (κ1) is 11.1. The van der Waals surface area contributed by atoms with Crippen LogP contribution in [-0.2, 0) is 0 Å². The Kier molecular flexibility index (Phi) is 2.99. The summed E-state index contributed by atoms with van der Waals surface area (Å²) in [5.74, 6) is 5.19. The SMILES string of the molecule is CC(C)C1CC(NCC(C2CC2)C2CC2)C1. The summed E-state index contributed by atoms with van der Waals surface area (Å²) in [6.45, 7) is 6.08. The summed E-state index contributed by atoms with van der Waals surface area (Å²) >= 11 is 0. The van der Waals surface area contributed by atoms with E-state index in [4.69, 9.17) is 0 Å². The van der Waals surface area contributed by atoms with Crippen LogP contribution in [0.15, 0.2) is 0 Å². The molecule has 92 valence electrons. The van der Waals surface area contributed by atoms with Crippen molar-refractivity contribution in [2.75, 3.05) is 6.54 Å². The molecule has 0 aromatic rings. The third-order valence-corrected chi connectivity index (χ3v) is 5.21. The Morgan fingerprint density at radius 1 is 0.938 bits per heavy atom. The first-order valence-electron chi connectivity index (χ1n) is 7.47. The van der Waals surface area contributed by atoms with Gasteiger partial charge in [-0.2, -0.15) is 0 Å². The van der Waals surface area contributed by atoms with Gasteiger partial charge in [-0.05, 0) is 74.7 Å². The molecule has 0 bridgehead atoms. The van der Waals surface area contributed by atoms with Crippen molar-refractivity contribution in [2.45, 2.75) is 58.4 Å². The second kappa shape index (κ2) is 4.33. The van der Waals surface area contributed by atoms with Crippen LogP contribution in [0.3, 0.4) is 0 Å². The summed E-state index contributed by atoms with van der Waals surface area (Å²) < 4.78 is 0. The fourth-order valence-corrected chi connectivity index (χ4v) is 3.44. The van der Waals surface area contributed by atoms with Gasteiger partial charge in [0.1, 0.15) is 0 Å². The molecule has 0 spiro atoms. The average Bonchev–Trinajstić information content (AvgIpc) is 2.97. The van der Waals surface area contributed by atoms with E-state index in [-0.39, 0.29) is 0 Å². The van der Waals surface area contributed by atoms with E-state index >= 15 is 0 Å². The van der Waals surface area contributed by atoms with Gasteiger partial charge in [-0.1, -0.05) is 13.8 Å². The van der Waals surface area contributed by atoms with E-state index in [9.17, 15) is 0 Å². The summed E-state index contributed by atoms with van der Waals surface area (Å²) in [5, 5.41) is 3.85. The largest absolute Gasteiger partial charge is 0.314 e. The van der Waals surface area contributed by atoms with E-state index in [1.54, 1.807) is 0 Å². The molecule has 0 radical (unpaired) electrons. The first-order chi connectivity index (χ1) is 7.74. The standard InChI is InChI=1S/C15H27N/c1-10(2)13-7-14(8-13)16-9-15(11-3-4-11)12-5-6-12/h10-16H,3-9H2,1-2H3. The highest BCUT2D eigenvalue weighted by atomic mass is 14.9. The summed E-state index contributed by atoms with van der Waals surface area (Å²) in [7, 11) is 0. The molecule has 0 aromatic heterocycles. The van der Waals surface area contributed by atoms with Crippen molar-refractivity contribution in [3.63, 3.8) is 0 Å². The zero-order valence-corrected chi connectivity index (χ0v) is 10.9. The van der Waals surface area contributed by atoms with Crippen LogP contribution in [0.25, 0.3) is 0 Å². The van der Waals surface area contributed by atoms with Gasteiger partial charge in [0.2, 0.25) is 0 Å². The smallest absolute Gasteiger partial charge is 0.00726 e. The second-order valence-electron chi connectivity index (χ2n) is 6.92. The average molecular weight is 221 g/mol. The van der Waals surface area contributed by atoms with E-state index in [2.05, 4.69) is 19.2 Å². The maximum absolute atomic E-state index is 3.85. The molecule has 0 aromatic carbocycles. The van der Waals surface area contributed by atoms with Gasteiger partial charge < -0.3 is 5.32 Å². The highest BCUT2D eigenvalue weighted by Crippen LogP contribution is 2.49. The molecule has 0 atom stereocenters. The Morgan fingerprint density at radius 3 is 1.94 bits per heavy atom. The number of hydrogen-bond acceptors (Lipinski definition) is 1. The van der Waals surface area contributed by atoms with Crippen LogP contribution in [0.4, 0.5) is 0 Å². The zero-order valence-electron chi connectivity index (χ0n) is 10.9. The van der Waals surface area contributed by atoms with Crippen molar-refractivity contribution in [3.8, 4) is 0 Å². The maximum Gasteiger partial charge on any atom is 0.00726 e. The van der Waals surface area contributed by atoms with Gasteiger partial charge >= 0.3 is 0 Å². The second-order valence-corrected chi connectivity index (χ2v) is 6.92. The van der Waals surface area contributed by atoms with Crippen molar-refractivity contribution in [1.82, 2.24) is 5.32 Å². The minimum absolute atomic E-state index is 0.868. The highest BCUT2D eigenvalue weighted by molar-refractivity contribution is 4.94. The Bertz CT molecular complexity index is 222. The molecular formula is C15H27N. The van der Waals surface area contributed by atoms with Crippen molar-refractivity contribution in [2.24, 2.45) is 29.6 Å². The van der Waals surface area contributed by atoms with Crippen molar-refractivity contribution < 1.29 is 0 Å². The molecule has 0 amide bonds. The quantitative estimate of drug-likeness (QED) is 0.724. The number of hydrogen-bond donors (Lipinski definition) is 1. The third kappa shape index (κ3) is 2.45. The minimum Gasteiger partial charge on any atom is -0.314 e. The summed E-state index contributed by atoms with van der Waals surface area (Å²) in [6.07, 6.45) is 9.01. The highest BCUT2D eigenvalue weighted by Gasteiger charge is 2.41. The molecule has 3 aliphatic carbocycles. The summed E-state index contributed by atoms with van der Waals surface area (Å²) in [4.78, 5) is 0. The lowest BCUT2D eigenvalue weighted by atomic mass is 9.73. The van der Waals surface area contributed by atoms with Crippen molar-refractivity contribution >= 4 is 0 Å². The van der Waals surface area contributed by atoms with E-state index < -0.39 is 0 Å². The topological polar surface area (TPSA) is 12.0 Å². The molecule has 0 heterocycles. The first-order valence-corrected chi connectivity index (χ1v) is 7.47. The fourth-order valence-electron chi connectivity index (χ4n) is 3.44. The molecule has 3 fully saturated rings. The fraction of sp³-hybridized carbons (Fsp3) is 1.00. The molecule has 16 heavy (non-hydrogen) atoms. The van der Waals surface area contributed by atoms with Crippen molar-refractivity contribution in [1.29, 1.82) is 0 Å².